The minimum absolute atomic E-state index is 0.228. The quantitative estimate of drug-likeness (QED) is 0.169. The molecular formula is C26H25N3O6. The van der Waals surface area contributed by atoms with Gasteiger partial charge in [-0.1, -0.05) is 17.7 Å². The number of nitrogens with one attached hydrogen (secondary N) is 2. The molecule has 2 N–H and O–H groups in total. The fourth-order valence-corrected chi connectivity index (χ4v) is 2.88. The van der Waals surface area contributed by atoms with Gasteiger partial charge in [0.1, 0.15) is 5.75 Å². The van der Waals surface area contributed by atoms with E-state index in [2.05, 4.69) is 15.8 Å². The van der Waals surface area contributed by atoms with Crippen molar-refractivity contribution in [2.75, 3.05) is 19.0 Å². The number of anilines is 1. The molecule has 0 radical (unpaired) electrons. The molecule has 0 aliphatic heterocycles. The van der Waals surface area contributed by atoms with E-state index >= 15 is 0 Å². The lowest BCUT2D eigenvalue weighted by Gasteiger charge is -2.11. The van der Waals surface area contributed by atoms with Crippen LogP contribution < -0.4 is 25.0 Å². The Morgan fingerprint density at radius 2 is 1.63 bits per heavy atom. The van der Waals surface area contributed by atoms with Gasteiger partial charge in [0, 0.05) is 5.69 Å². The lowest BCUT2D eigenvalue weighted by atomic mass is 10.2. The average Bonchev–Trinajstić information content (AvgIpc) is 2.87. The first-order chi connectivity index (χ1) is 16.9. The first-order valence-corrected chi connectivity index (χ1v) is 10.7. The molecule has 2 amide bonds. The zero-order valence-corrected chi connectivity index (χ0v) is 19.5. The van der Waals surface area contributed by atoms with Crippen molar-refractivity contribution in [2.45, 2.75) is 13.8 Å². The van der Waals surface area contributed by atoms with Crippen molar-refractivity contribution < 1.29 is 28.6 Å². The molecule has 0 heterocycles. The number of carbonyl (C=O) groups excluding carboxylic acids is 3. The van der Waals surface area contributed by atoms with Gasteiger partial charge in [0.2, 0.25) is 0 Å². The summed E-state index contributed by atoms with van der Waals surface area (Å²) < 4.78 is 16.1. The molecule has 3 aromatic carbocycles. The van der Waals surface area contributed by atoms with Crippen molar-refractivity contribution in [3.63, 3.8) is 0 Å². The Bertz CT molecular complexity index is 1220. The van der Waals surface area contributed by atoms with E-state index in [-0.39, 0.29) is 5.75 Å². The second-order valence-corrected chi connectivity index (χ2v) is 7.28. The van der Waals surface area contributed by atoms with E-state index in [1.165, 1.54) is 13.3 Å². The summed E-state index contributed by atoms with van der Waals surface area (Å²) in [5, 5.41) is 6.30. The van der Waals surface area contributed by atoms with Crippen LogP contribution in [0.2, 0.25) is 0 Å². The number of rotatable bonds is 8. The number of aryl methyl sites for hydroxylation is 1. The molecule has 3 aromatic rings. The maximum Gasteiger partial charge on any atom is 0.343 e. The smallest absolute Gasteiger partial charge is 0.343 e. The van der Waals surface area contributed by atoms with Crippen molar-refractivity contribution in [2.24, 2.45) is 5.10 Å². The maximum absolute atomic E-state index is 12.5. The molecule has 0 bridgehead atoms. The lowest BCUT2D eigenvalue weighted by molar-refractivity contribution is -0.136. The summed E-state index contributed by atoms with van der Waals surface area (Å²) in [4.78, 5) is 36.5. The average molecular weight is 476 g/mol. The molecule has 0 saturated heterocycles. The lowest BCUT2D eigenvalue weighted by Crippen LogP contribution is -2.32. The van der Waals surface area contributed by atoms with Gasteiger partial charge in [-0.15, -0.1) is 0 Å². The highest BCUT2D eigenvalue weighted by Gasteiger charge is 2.14. The maximum atomic E-state index is 12.5. The Hall–Kier alpha value is -4.66. The largest absolute Gasteiger partial charge is 0.497 e. The fraction of sp³-hybridized carbons (Fsp3) is 0.154. The summed E-state index contributed by atoms with van der Waals surface area (Å²) in [6.45, 7) is 4.05. The van der Waals surface area contributed by atoms with Gasteiger partial charge in [-0.25, -0.2) is 10.2 Å². The molecule has 9 heteroatoms. The number of benzene rings is 3. The number of nitrogens with zero attached hydrogens (tertiary/aromatic N) is 1. The van der Waals surface area contributed by atoms with Crippen LogP contribution in [0.1, 0.15) is 28.4 Å². The van der Waals surface area contributed by atoms with Gasteiger partial charge in [0.05, 0.1) is 25.5 Å². The van der Waals surface area contributed by atoms with E-state index in [4.69, 9.17) is 14.2 Å². The zero-order valence-electron chi connectivity index (χ0n) is 19.5. The van der Waals surface area contributed by atoms with Gasteiger partial charge >= 0.3 is 17.8 Å². The molecule has 0 aliphatic rings. The Morgan fingerprint density at radius 1 is 0.914 bits per heavy atom. The van der Waals surface area contributed by atoms with Crippen molar-refractivity contribution >= 4 is 29.7 Å². The van der Waals surface area contributed by atoms with Gasteiger partial charge < -0.3 is 19.5 Å². The van der Waals surface area contributed by atoms with Crippen molar-refractivity contribution in [1.82, 2.24) is 5.43 Å². The second kappa shape index (κ2) is 12.0. The SMILES string of the molecule is CCOc1cc(/C=N\NC(=O)C(=O)Nc2ccc(C)cc2)ccc1OC(=O)c1ccc(OC)cc1. The van der Waals surface area contributed by atoms with Crippen LogP contribution >= 0.6 is 0 Å². The van der Waals surface area contributed by atoms with E-state index in [9.17, 15) is 14.4 Å². The van der Waals surface area contributed by atoms with Crippen LogP contribution in [-0.4, -0.2) is 37.7 Å². The number of methoxy groups -OCH3 is 1. The summed E-state index contributed by atoms with van der Waals surface area (Å²) in [6.07, 6.45) is 1.34. The van der Waals surface area contributed by atoms with Gasteiger partial charge in [-0.2, -0.15) is 5.10 Å². The highest BCUT2D eigenvalue weighted by molar-refractivity contribution is 6.39. The number of esters is 1. The molecule has 9 nitrogen and oxygen atoms in total. The minimum Gasteiger partial charge on any atom is -0.497 e. The van der Waals surface area contributed by atoms with Gasteiger partial charge in [0.15, 0.2) is 11.5 Å². The molecule has 180 valence electrons. The standard InChI is InChI=1S/C26H25N3O6/c1-4-34-23-15-18(7-14-22(23)35-26(32)19-8-12-21(33-3)13-9-19)16-27-29-25(31)24(30)28-20-10-5-17(2)6-11-20/h5-16H,4H2,1-3H3,(H,28,30)(H,29,31)/b27-16-. The van der Waals surface area contributed by atoms with E-state index in [1.807, 2.05) is 19.1 Å². The minimum atomic E-state index is -0.920. The number of ether oxygens (including phenoxy) is 3. The molecular weight excluding hydrogens is 450 g/mol. The normalized spacial score (nSPS) is 10.5. The van der Waals surface area contributed by atoms with E-state index in [1.54, 1.807) is 61.5 Å². The van der Waals surface area contributed by atoms with Gasteiger partial charge in [0.25, 0.3) is 0 Å². The predicted octanol–water partition coefficient (Wildman–Crippen LogP) is 3.71. The third-order valence-corrected chi connectivity index (χ3v) is 4.69. The Labute approximate surface area is 202 Å². The molecule has 35 heavy (non-hydrogen) atoms. The second-order valence-electron chi connectivity index (χ2n) is 7.28. The fourth-order valence-electron chi connectivity index (χ4n) is 2.88. The zero-order chi connectivity index (χ0) is 25.2. The number of hydrazone groups is 1. The Kier molecular flexibility index (Phi) is 8.55. The monoisotopic (exact) mass is 475 g/mol. The van der Waals surface area contributed by atoms with Crippen molar-refractivity contribution in [3.8, 4) is 17.2 Å². The molecule has 0 saturated carbocycles. The molecule has 0 aliphatic carbocycles. The highest BCUT2D eigenvalue weighted by Crippen LogP contribution is 2.29. The summed E-state index contributed by atoms with van der Waals surface area (Å²) in [7, 11) is 1.54. The highest BCUT2D eigenvalue weighted by atomic mass is 16.6. The van der Waals surface area contributed by atoms with Crippen LogP contribution in [0.15, 0.2) is 71.8 Å². The molecule has 0 aromatic heterocycles. The summed E-state index contributed by atoms with van der Waals surface area (Å²) >= 11 is 0. The van der Waals surface area contributed by atoms with Crippen molar-refractivity contribution in [3.05, 3.63) is 83.4 Å². The van der Waals surface area contributed by atoms with Crippen LogP contribution in [0, 0.1) is 6.92 Å². The number of hydrogen-bond acceptors (Lipinski definition) is 7. The third-order valence-electron chi connectivity index (χ3n) is 4.69. The summed E-state index contributed by atoms with van der Waals surface area (Å²) in [5.74, 6) is -1.14. The Balaban J connectivity index is 1.62. The first kappa shape index (κ1) is 25.0. The third kappa shape index (κ3) is 7.16. The van der Waals surface area contributed by atoms with Crippen LogP contribution in [0.25, 0.3) is 0 Å². The van der Waals surface area contributed by atoms with Crippen LogP contribution in [0.3, 0.4) is 0 Å². The number of carbonyl (C=O) groups is 3. The Morgan fingerprint density at radius 3 is 2.29 bits per heavy atom. The summed E-state index contributed by atoms with van der Waals surface area (Å²) in [6, 6.07) is 18.3. The first-order valence-electron chi connectivity index (χ1n) is 10.7. The molecule has 0 atom stereocenters. The van der Waals surface area contributed by atoms with Gasteiger partial charge in [-0.05, 0) is 74.0 Å². The summed E-state index contributed by atoms with van der Waals surface area (Å²) in [5.41, 5.74) is 4.61. The molecule has 0 fully saturated rings. The van der Waals surface area contributed by atoms with Gasteiger partial charge in [-0.3, -0.25) is 9.59 Å². The molecule has 3 rings (SSSR count). The van der Waals surface area contributed by atoms with Crippen molar-refractivity contribution in [1.29, 1.82) is 0 Å². The van der Waals surface area contributed by atoms with E-state index in [0.717, 1.165) is 5.56 Å². The molecule has 0 unspecified atom stereocenters. The van der Waals surface area contributed by atoms with Crippen LogP contribution in [-0.2, 0) is 9.59 Å². The topological polar surface area (TPSA) is 115 Å². The van der Waals surface area contributed by atoms with E-state index in [0.29, 0.717) is 34.9 Å². The molecule has 0 spiro atoms. The number of hydrogen-bond donors (Lipinski definition) is 2. The van der Waals surface area contributed by atoms with Crippen LogP contribution in [0.4, 0.5) is 5.69 Å². The van der Waals surface area contributed by atoms with Crippen LogP contribution in [0.5, 0.6) is 17.2 Å². The van der Waals surface area contributed by atoms with E-state index < -0.39 is 17.8 Å². The predicted molar refractivity (Wildman–Crippen MR) is 131 cm³/mol. The number of amides is 2.